The van der Waals surface area contributed by atoms with E-state index in [9.17, 15) is 18.0 Å². The fraction of sp³-hybridized carbons (Fsp3) is 0.222. The van der Waals surface area contributed by atoms with Crippen LogP contribution in [0.1, 0.15) is 6.92 Å². The van der Waals surface area contributed by atoms with E-state index in [4.69, 9.17) is 5.73 Å². The number of alkyl halides is 3. The number of carbonyl (C=O) groups is 1. The minimum Gasteiger partial charge on any atom is -0.406 e. The van der Waals surface area contributed by atoms with Crippen LogP contribution in [0.4, 0.5) is 24.5 Å². The zero-order chi connectivity index (χ0) is 12.3. The van der Waals surface area contributed by atoms with Crippen LogP contribution in [0.3, 0.4) is 0 Å². The lowest BCUT2D eigenvalue weighted by Gasteiger charge is -2.11. The van der Waals surface area contributed by atoms with E-state index in [1.54, 1.807) is 0 Å². The lowest BCUT2D eigenvalue weighted by molar-refractivity contribution is -0.274. The van der Waals surface area contributed by atoms with E-state index in [2.05, 4.69) is 10.1 Å². The fourth-order valence-electron chi connectivity index (χ4n) is 1.04. The van der Waals surface area contributed by atoms with Gasteiger partial charge in [-0.1, -0.05) is 0 Å². The van der Waals surface area contributed by atoms with Gasteiger partial charge in [0.15, 0.2) is 0 Å². The molecule has 0 radical (unpaired) electrons. The molecule has 0 bridgehead atoms. The molecule has 7 heteroatoms. The van der Waals surface area contributed by atoms with Crippen LogP contribution < -0.4 is 15.8 Å². The van der Waals surface area contributed by atoms with Gasteiger partial charge in [0, 0.05) is 13.0 Å². The van der Waals surface area contributed by atoms with Crippen LogP contribution >= 0.6 is 0 Å². The third-order valence-corrected chi connectivity index (χ3v) is 1.57. The SMILES string of the molecule is CC(=O)Nc1ccc(OC(F)(F)F)cc1N. The third kappa shape index (κ3) is 3.68. The minimum absolute atomic E-state index is 0.00282. The monoisotopic (exact) mass is 234 g/mol. The van der Waals surface area contributed by atoms with Crippen LogP contribution in [0.5, 0.6) is 5.75 Å². The predicted molar refractivity (Wildman–Crippen MR) is 51.8 cm³/mol. The molecule has 0 saturated carbocycles. The van der Waals surface area contributed by atoms with Crippen molar-refractivity contribution >= 4 is 17.3 Å². The van der Waals surface area contributed by atoms with Crippen molar-refractivity contribution in [2.24, 2.45) is 0 Å². The number of amides is 1. The first-order valence-corrected chi connectivity index (χ1v) is 4.21. The Bertz CT molecular complexity index is 404. The molecule has 1 rings (SSSR count). The van der Waals surface area contributed by atoms with Crippen molar-refractivity contribution in [2.45, 2.75) is 13.3 Å². The predicted octanol–water partition coefficient (Wildman–Crippen LogP) is 2.13. The molecular weight excluding hydrogens is 225 g/mol. The highest BCUT2D eigenvalue weighted by atomic mass is 19.4. The number of halogens is 3. The second-order valence-corrected chi connectivity index (χ2v) is 2.98. The molecule has 16 heavy (non-hydrogen) atoms. The summed E-state index contributed by atoms with van der Waals surface area (Å²) in [5.74, 6) is -0.796. The van der Waals surface area contributed by atoms with Gasteiger partial charge >= 0.3 is 6.36 Å². The van der Waals surface area contributed by atoms with Crippen molar-refractivity contribution in [3.8, 4) is 5.75 Å². The van der Waals surface area contributed by atoms with E-state index in [1.165, 1.54) is 13.0 Å². The van der Waals surface area contributed by atoms with Crippen molar-refractivity contribution < 1.29 is 22.7 Å². The molecule has 4 nitrogen and oxygen atoms in total. The number of ether oxygens (including phenoxy) is 1. The first-order chi connectivity index (χ1) is 7.28. The van der Waals surface area contributed by atoms with E-state index in [0.717, 1.165) is 12.1 Å². The van der Waals surface area contributed by atoms with E-state index in [1.807, 2.05) is 0 Å². The van der Waals surface area contributed by atoms with Crippen molar-refractivity contribution in [2.75, 3.05) is 11.1 Å². The number of rotatable bonds is 2. The number of anilines is 2. The molecule has 1 aromatic rings. The number of nitrogens with one attached hydrogen (secondary N) is 1. The summed E-state index contributed by atoms with van der Waals surface area (Å²) in [7, 11) is 0. The van der Waals surface area contributed by atoms with E-state index < -0.39 is 12.1 Å². The summed E-state index contributed by atoms with van der Waals surface area (Å²) >= 11 is 0. The quantitative estimate of drug-likeness (QED) is 0.770. The molecule has 1 aromatic carbocycles. The zero-order valence-electron chi connectivity index (χ0n) is 8.26. The maximum Gasteiger partial charge on any atom is 0.573 e. The first kappa shape index (κ1) is 12.2. The van der Waals surface area contributed by atoms with Crippen LogP contribution in [-0.4, -0.2) is 12.3 Å². The molecule has 0 saturated heterocycles. The summed E-state index contributed by atoms with van der Waals surface area (Å²) in [6.07, 6.45) is -4.76. The molecule has 0 atom stereocenters. The van der Waals surface area contributed by atoms with Gasteiger partial charge in [-0.05, 0) is 12.1 Å². The molecule has 0 heterocycles. The van der Waals surface area contributed by atoms with Gasteiger partial charge in [0.25, 0.3) is 0 Å². The van der Waals surface area contributed by atoms with Gasteiger partial charge in [0.2, 0.25) is 5.91 Å². The van der Waals surface area contributed by atoms with Crippen molar-refractivity contribution in [1.29, 1.82) is 0 Å². The molecule has 0 aromatic heterocycles. The molecule has 0 fully saturated rings. The summed E-state index contributed by atoms with van der Waals surface area (Å²) in [5, 5.41) is 2.36. The largest absolute Gasteiger partial charge is 0.573 e. The Morgan fingerprint density at radius 3 is 2.50 bits per heavy atom. The molecular formula is C9H9F3N2O2. The summed E-state index contributed by atoms with van der Waals surface area (Å²) in [6, 6.07) is 3.28. The van der Waals surface area contributed by atoms with E-state index >= 15 is 0 Å². The van der Waals surface area contributed by atoms with Gasteiger partial charge in [-0.15, -0.1) is 13.2 Å². The molecule has 0 aliphatic heterocycles. The van der Waals surface area contributed by atoms with Crippen molar-refractivity contribution in [1.82, 2.24) is 0 Å². The van der Waals surface area contributed by atoms with Gasteiger partial charge in [0.1, 0.15) is 5.75 Å². The number of carbonyl (C=O) groups excluding carboxylic acids is 1. The second-order valence-electron chi connectivity index (χ2n) is 2.98. The Morgan fingerprint density at radius 2 is 2.06 bits per heavy atom. The molecule has 0 aliphatic rings. The number of nitrogens with two attached hydrogens (primary N) is 1. The Morgan fingerprint density at radius 1 is 1.44 bits per heavy atom. The minimum atomic E-state index is -4.76. The molecule has 0 spiro atoms. The third-order valence-electron chi connectivity index (χ3n) is 1.57. The summed E-state index contributed by atoms with van der Waals surface area (Å²) in [5.41, 5.74) is 5.66. The Kier molecular flexibility index (Phi) is 3.26. The van der Waals surface area contributed by atoms with E-state index in [-0.39, 0.29) is 17.3 Å². The topological polar surface area (TPSA) is 64.3 Å². The number of hydrogen-bond donors (Lipinski definition) is 2. The molecule has 1 amide bonds. The van der Waals surface area contributed by atoms with Gasteiger partial charge in [-0.3, -0.25) is 4.79 Å². The summed E-state index contributed by atoms with van der Waals surface area (Å²) in [6.45, 7) is 1.26. The van der Waals surface area contributed by atoms with Crippen molar-refractivity contribution in [3.05, 3.63) is 18.2 Å². The highest BCUT2D eigenvalue weighted by Crippen LogP contribution is 2.28. The fourth-order valence-corrected chi connectivity index (χ4v) is 1.04. The van der Waals surface area contributed by atoms with Crippen LogP contribution in [0, 0.1) is 0 Å². The molecule has 0 aliphatic carbocycles. The number of hydrogen-bond acceptors (Lipinski definition) is 3. The van der Waals surface area contributed by atoms with Crippen LogP contribution in [0.25, 0.3) is 0 Å². The second kappa shape index (κ2) is 4.30. The standard InChI is InChI=1S/C9H9F3N2O2/c1-5(15)14-8-3-2-6(4-7(8)13)16-9(10,11)12/h2-4H,13H2,1H3,(H,14,15). The molecule has 3 N–H and O–H groups in total. The van der Waals surface area contributed by atoms with Crippen LogP contribution in [0.15, 0.2) is 18.2 Å². The van der Waals surface area contributed by atoms with Gasteiger partial charge in [-0.25, -0.2) is 0 Å². The van der Waals surface area contributed by atoms with Gasteiger partial charge in [-0.2, -0.15) is 0 Å². The Labute approximate surface area is 89.2 Å². The van der Waals surface area contributed by atoms with Gasteiger partial charge in [0.05, 0.1) is 11.4 Å². The zero-order valence-corrected chi connectivity index (χ0v) is 8.26. The summed E-state index contributed by atoms with van der Waals surface area (Å²) in [4.78, 5) is 10.7. The first-order valence-electron chi connectivity index (χ1n) is 4.21. The Hall–Kier alpha value is -1.92. The molecule has 0 unspecified atom stereocenters. The average molecular weight is 234 g/mol. The lowest BCUT2D eigenvalue weighted by atomic mass is 10.2. The lowest BCUT2D eigenvalue weighted by Crippen LogP contribution is -2.17. The molecule has 88 valence electrons. The smallest absolute Gasteiger partial charge is 0.406 e. The van der Waals surface area contributed by atoms with Crippen LogP contribution in [-0.2, 0) is 4.79 Å². The normalized spacial score (nSPS) is 11.0. The highest BCUT2D eigenvalue weighted by Gasteiger charge is 2.31. The number of benzene rings is 1. The average Bonchev–Trinajstić information content (AvgIpc) is 2.06. The van der Waals surface area contributed by atoms with Crippen molar-refractivity contribution in [3.63, 3.8) is 0 Å². The highest BCUT2D eigenvalue weighted by molar-refractivity contribution is 5.92. The maximum absolute atomic E-state index is 11.9. The van der Waals surface area contributed by atoms with Crippen LogP contribution in [0.2, 0.25) is 0 Å². The number of nitrogen functional groups attached to an aromatic ring is 1. The van der Waals surface area contributed by atoms with Gasteiger partial charge < -0.3 is 15.8 Å². The Balaban J connectivity index is 2.87. The maximum atomic E-state index is 11.9. The van der Waals surface area contributed by atoms with E-state index in [0.29, 0.717) is 0 Å². The summed E-state index contributed by atoms with van der Waals surface area (Å²) < 4.78 is 39.2.